The van der Waals surface area contributed by atoms with E-state index in [2.05, 4.69) is 42.9 Å². The summed E-state index contributed by atoms with van der Waals surface area (Å²) in [5.41, 5.74) is 3.03. The first-order chi connectivity index (χ1) is 11.4. The molecule has 2 aromatic rings. The van der Waals surface area contributed by atoms with E-state index < -0.39 is 0 Å². The molecular weight excluding hydrogens is 294 g/mol. The Morgan fingerprint density at radius 2 is 2.13 bits per heavy atom. The molecule has 0 atom stereocenters. The van der Waals surface area contributed by atoms with E-state index in [9.17, 15) is 0 Å². The average Bonchev–Trinajstić information content (AvgIpc) is 3.04. The number of anilines is 1. The van der Waals surface area contributed by atoms with Crippen molar-refractivity contribution in [2.24, 2.45) is 10.1 Å². The number of tetrazole rings is 1. The van der Waals surface area contributed by atoms with Gasteiger partial charge >= 0.3 is 5.95 Å². The molecule has 0 fully saturated rings. The van der Waals surface area contributed by atoms with Crippen LogP contribution in [0.5, 0.6) is 0 Å². The summed E-state index contributed by atoms with van der Waals surface area (Å²) >= 11 is 0. The Balaban J connectivity index is 1.63. The zero-order chi connectivity index (χ0) is 15.5. The molecule has 0 spiro atoms. The van der Waals surface area contributed by atoms with E-state index in [0.29, 0.717) is 12.4 Å². The van der Waals surface area contributed by atoms with E-state index in [0.717, 1.165) is 17.7 Å². The van der Waals surface area contributed by atoms with E-state index in [4.69, 9.17) is 4.84 Å². The second-order valence-electron chi connectivity index (χ2n) is 5.00. The number of amidine groups is 1. The average molecular weight is 307 g/mol. The number of H-pyrrole nitrogens is 1. The molecule has 0 saturated carbocycles. The van der Waals surface area contributed by atoms with E-state index in [1.54, 1.807) is 0 Å². The molecule has 1 N–H and O–H groups in total. The molecule has 3 heterocycles. The zero-order valence-electron chi connectivity index (χ0n) is 12.1. The minimum absolute atomic E-state index is 0.244. The molecule has 0 saturated heterocycles. The van der Waals surface area contributed by atoms with Crippen LogP contribution in [0.15, 0.2) is 64.2 Å². The van der Waals surface area contributed by atoms with Crippen molar-refractivity contribution in [2.45, 2.75) is 6.42 Å². The van der Waals surface area contributed by atoms with Gasteiger partial charge in [0, 0.05) is 17.7 Å². The van der Waals surface area contributed by atoms with Crippen molar-refractivity contribution in [3.63, 3.8) is 0 Å². The predicted octanol–water partition coefficient (Wildman–Crippen LogP) is 1.44. The number of benzene rings is 1. The molecule has 0 amide bonds. The van der Waals surface area contributed by atoms with Gasteiger partial charge < -0.3 is 0 Å². The highest BCUT2D eigenvalue weighted by atomic mass is 16.7. The van der Waals surface area contributed by atoms with E-state index in [1.165, 1.54) is 10.7 Å². The summed E-state index contributed by atoms with van der Waals surface area (Å²) in [6, 6.07) is 10.2. The number of aliphatic imine (C=N–C) groups is 1. The van der Waals surface area contributed by atoms with Crippen molar-refractivity contribution in [2.75, 3.05) is 11.8 Å². The van der Waals surface area contributed by atoms with Crippen LogP contribution in [0.25, 0.3) is 0 Å². The number of fused-ring (bicyclic) bond motifs is 1. The second-order valence-corrected chi connectivity index (χ2v) is 5.00. The molecule has 1 aromatic carbocycles. The minimum Gasteiger partial charge on any atom is -0.244 e. The van der Waals surface area contributed by atoms with Gasteiger partial charge in [-0.1, -0.05) is 52.8 Å². The second kappa shape index (κ2) is 5.93. The Morgan fingerprint density at radius 3 is 2.96 bits per heavy atom. The van der Waals surface area contributed by atoms with Gasteiger partial charge in [0.25, 0.3) is 0 Å². The first-order valence-corrected chi connectivity index (χ1v) is 7.13. The van der Waals surface area contributed by atoms with Crippen LogP contribution in [-0.4, -0.2) is 38.8 Å². The van der Waals surface area contributed by atoms with Gasteiger partial charge in [0.15, 0.2) is 5.84 Å². The highest BCUT2D eigenvalue weighted by Crippen LogP contribution is 2.18. The molecule has 0 radical (unpaired) electrons. The SMILES string of the molecule is C1=CC(Cc2ccccc2)=NC2=NN(c3nn[nH]n3)OCC2=C1. The van der Waals surface area contributed by atoms with Crippen LogP contribution in [0.4, 0.5) is 5.95 Å². The number of hydrazone groups is 1. The first-order valence-electron chi connectivity index (χ1n) is 7.13. The van der Waals surface area contributed by atoms with Gasteiger partial charge in [0.2, 0.25) is 0 Å². The van der Waals surface area contributed by atoms with Gasteiger partial charge in [-0.2, -0.15) is 5.21 Å². The third-order valence-corrected chi connectivity index (χ3v) is 3.38. The standard InChI is InChI=1S/C15H13N7O/c1-2-5-11(6-3-1)9-13-8-4-7-12-10-23-22(19-14(12)16-13)15-17-20-21-18-15/h1-8H,9-10H2,(H,17,18,20,21). The van der Waals surface area contributed by atoms with Crippen molar-refractivity contribution in [1.82, 2.24) is 20.6 Å². The molecule has 0 bridgehead atoms. The summed E-state index contributed by atoms with van der Waals surface area (Å²) in [6.45, 7) is 0.347. The van der Waals surface area contributed by atoms with Gasteiger partial charge in [-0.15, -0.1) is 10.2 Å². The molecule has 2 aliphatic rings. The smallest absolute Gasteiger partial charge is 0.244 e. The molecule has 0 aliphatic carbocycles. The van der Waals surface area contributed by atoms with Gasteiger partial charge in [0.1, 0.15) is 6.61 Å². The lowest BCUT2D eigenvalue weighted by molar-refractivity contribution is 0.122. The molecule has 4 rings (SSSR count). The molecule has 23 heavy (non-hydrogen) atoms. The van der Waals surface area contributed by atoms with Crippen molar-refractivity contribution < 1.29 is 4.84 Å². The Kier molecular flexibility index (Phi) is 3.49. The van der Waals surface area contributed by atoms with Crippen molar-refractivity contribution in [1.29, 1.82) is 0 Å². The van der Waals surface area contributed by atoms with Crippen LogP contribution in [0.1, 0.15) is 5.56 Å². The molecule has 8 heteroatoms. The maximum Gasteiger partial charge on any atom is 0.311 e. The molecule has 0 unspecified atom stereocenters. The normalized spacial score (nSPS) is 17.0. The van der Waals surface area contributed by atoms with Gasteiger partial charge in [-0.3, -0.25) is 0 Å². The summed E-state index contributed by atoms with van der Waals surface area (Å²) in [4.78, 5) is 10.1. The van der Waals surface area contributed by atoms with Crippen LogP contribution in [0.3, 0.4) is 0 Å². The van der Waals surface area contributed by atoms with Crippen LogP contribution < -0.4 is 5.17 Å². The van der Waals surface area contributed by atoms with Crippen LogP contribution in [0, 0.1) is 0 Å². The van der Waals surface area contributed by atoms with Crippen molar-refractivity contribution >= 4 is 17.5 Å². The number of hydrogen-bond acceptors (Lipinski definition) is 7. The van der Waals surface area contributed by atoms with Crippen molar-refractivity contribution in [3.8, 4) is 0 Å². The Morgan fingerprint density at radius 1 is 1.22 bits per heavy atom. The van der Waals surface area contributed by atoms with E-state index in [-0.39, 0.29) is 5.95 Å². The number of rotatable bonds is 3. The largest absolute Gasteiger partial charge is 0.311 e. The summed E-state index contributed by atoms with van der Waals surface area (Å²) < 4.78 is 0. The maximum absolute atomic E-state index is 5.49. The lowest BCUT2D eigenvalue weighted by Crippen LogP contribution is -2.29. The van der Waals surface area contributed by atoms with E-state index >= 15 is 0 Å². The molecular formula is C15H13N7O. The molecule has 2 aliphatic heterocycles. The lowest BCUT2D eigenvalue weighted by Gasteiger charge is -2.20. The van der Waals surface area contributed by atoms with Crippen LogP contribution in [0.2, 0.25) is 0 Å². The lowest BCUT2D eigenvalue weighted by atomic mass is 10.1. The number of hydrogen-bond donors (Lipinski definition) is 1. The number of aromatic amines is 1. The van der Waals surface area contributed by atoms with Gasteiger partial charge in [0.05, 0.1) is 0 Å². The summed E-state index contributed by atoms with van der Waals surface area (Å²) in [7, 11) is 0. The zero-order valence-corrected chi connectivity index (χ0v) is 12.1. The molecule has 114 valence electrons. The summed E-state index contributed by atoms with van der Waals surface area (Å²) in [6.07, 6.45) is 6.64. The first kappa shape index (κ1) is 13.5. The molecule has 1 aromatic heterocycles. The van der Waals surface area contributed by atoms with Gasteiger partial charge in [-0.25, -0.2) is 9.83 Å². The highest BCUT2D eigenvalue weighted by molar-refractivity contribution is 6.12. The number of nitrogens with zero attached hydrogens (tertiary/aromatic N) is 6. The van der Waals surface area contributed by atoms with E-state index in [1.807, 2.05) is 36.4 Å². The highest BCUT2D eigenvalue weighted by Gasteiger charge is 2.22. The Bertz CT molecular complexity index is 806. The Hall–Kier alpha value is -3.13. The molecule has 8 nitrogen and oxygen atoms in total. The number of aromatic nitrogens is 4. The fourth-order valence-electron chi connectivity index (χ4n) is 2.28. The topological polar surface area (TPSA) is 91.7 Å². The number of nitrogens with one attached hydrogen (secondary N) is 1. The third-order valence-electron chi connectivity index (χ3n) is 3.38. The van der Waals surface area contributed by atoms with Crippen LogP contribution >= 0.6 is 0 Å². The fraction of sp³-hybridized carbons (Fsp3) is 0.133. The predicted molar refractivity (Wildman–Crippen MR) is 84.8 cm³/mol. The van der Waals surface area contributed by atoms with Crippen molar-refractivity contribution in [3.05, 3.63) is 59.7 Å². The summed E-state index contributed by atoms with van der Waals surface area (Å²) in [5, 5.41) is 19.1. The Labute approximate surface area is 131 Å². The minimum atomic E-state index is 0.244. The monoisotopic (exact) mass is 307 g/mol. The number of allylic oxidation sites excluding steroid dienone is 3. The van der Waals surface area contributed by atoms with Crippen LogP contribution in [-0.2, 0) is 11.3 Å². The maximum atomic E-state index is 5.49. The quantitative estimate of drug-likeness (QED) is 0.926. The summed E-state index contributed by atoms with van der Waals surface area (Å²) in [5.74, 6) is 0.838. The third kappa shape index (κ3) is 2.92. The fourth-order valence-corrected chi connectivity index (χ4v) is 2.28. The van der Waals surface area contributed by atoms with Gasteiger partial charge in [-0.05, 0) is 16.9 Å².